The van der Waals surface area contributed by atoms with Crippen molar-refractivity contribution in [2.45, 2.75) is 6.04 Å². The third-order valence-electron chi connectivity index (χ3n) is 3.44. The number of carbonyl (C=O) groups excluding carboxylic acids is 1. The zero-order valence-electron chi connectivity index (χ0n) is 13.7. The molecule has 0 spiro atoms. The number of rotatable bonds is 6. The highest BCUT2D eigenvalue weighted by molar-refractivity contribution is 9.10. The van der Waals surface area contributed by atoms with Gasteiger partial charge < -0.3 is 10.2 Å². The largest absolute Gasteiger partial charge is 0.344 e. The molecule has 0 saturated heterocycles. The predicted molar refractivity (Wildman–Crippen MR) is 99.0 cm³/mol. The molecule has 1 N–H and O–H groups in total. The summed E-state index contributed by atoms with van der Waals surface area (Å²) in [5, 5.41) is 2.97. The molecular formula is C19H20BrFN2O. The molecule has 0 aliphatic carbocycles. The van der Waals surface area contributed by atoms with Crippen LogP contribution >= 0.6 is 15.9 Å². The second-order valence-electron chi connectivity index (χ2n) is 5.73. The summed E-state index contributed by atoms with van der Waals surface area (Å²) in [6.45, 7) is 0.675. The van der Waals surface area contributed by atoms with E-state index in [0.717, 1.165) is 10.0 Å². The summed E-state index contributed by atoms with van der Waals surface area (Å²) < 4.78 is 14.5. The Hall–Kier alpha value is -1.98. The predicted octanol–water partition coefficient (Wildman–Crippen LogP) is 4.02. The van der Waals surface area contributed by atoms with E-state index >= 15 is 0 Å². The quantitative estimate of drug-likeness (QED) is 0.755. The molecule has 2 aromatic carbocycles. The van der Waals surface area contributed by atoms with E-state index in [9.17, 15) is 9.18 Å². The molecule has 0 unspecified atom stereocenters. The van der Waals surface area contributed by atoms with Gasteiger partial charge in [-0.2, -0.15) is 0 Å². The third kappa shape index (κ3) is 5.58. The first-order valence-corrected chi connectivity index (χ1v) is 8.38. The molecule has 0 aromatic heterocycles. The first-order chi connectivity index (χ1) is 11.5. The molecule has 126 valence electrons. The van der Waals surface area contributed by atoms with E-state index < -0.39 is 0 Å². The number of halogens is 2. The SMILES string of the molecule is CN(C)C[C@@H](NC(=O)/C=C/c1cc(Br)ccc1F)c1ccccc1. The molecule has 0 bridgehead atoms. The van der Waals surface area contributed by atoms with Gasteiger partial charge in [-0.05, 0) is 43.9 Å². The van der Waals surface area contributed by atoms with Crippen LogP contribution in [0.3, 0.4) is 0 Å². The summed E-state index contributed by atoms with van der Waals surface area (Å²) in [6, 6.07) is 14.3. The Bertz CT molecular complexity index is 717. The third-order valence-corrected chi connectivity index (χ3v) is 3.93. The molecule has 0 fully saturated rings. The van der Waals surface area contributed by atoms with Gasteiger partial charge in [0, 0.05) is 22.7 Å². The molecule has 0 saturated carbocycles. The minimum Gasteiger partial charge on any atom is -0.344 e. The van der Waals surface area contributed by atoms with Crippen molar-refractivity contribution >= 4 is 27.9 Å². The molecule has 0 aliphatic heterocycles. The van der Waals surface area contributed by atoms with Crippen molar-refractivity contribution in [3.63, 3.8) is 0 Å². The first-order valence-electron chi connectivity index (χ1n) is 7.59. The van der Waals surface area contributed by atoms with E-state index in [-0.39, 0.29) is 17.8 Å². The Morgan fingerprint density at radius 1 is 1.25 bits per heavy atom. The van der Waals surface area contributed by atoms with Crippen molar-refractivity contribution in [1.29, 1.82) is 0 Å². The second kappa shape index (κ2) is 8.76. The zero-order chi connectivity index (χ0) is 17.5. The van der Waals surface area contributed by atoms with Crippen LogP contribution in [-0.2, 0) is 4.79 Å². The van der Waals surface area contributed by atoms with Crippen LogP contribution in [0, 0.1) is 5.82 Å². The highest BCUT2D eigenvalue weighted by atomic mass is 79.9. The van der Waals surface area contributed by atoms with E-state index in [4.69, 9.17) is 0 Å². The van der Waals surface area contributed by atoms with Gasteiger partial charge in [-0.15, -0.1) is 0 Å². The number of hydrogen-bond donors (Lipinski definition) is 1. The highest BCUT2D eigenvalue weighted by Crippen LogP contribution is 2.17. The molecule has 0 radical (unpaired) electrons. The van der Waals surface area contributed by atoms with E-state index in [1.807, 2.05) is 49.3 Å². The van der Waals surface area contributed by atoms with Gasteiger partial charge in [-0.25, -0.2) is 4.39 Å². The van der Waals surface area contributed by atoms with Gasteiger partial charge >= 0.3 is 0 Å². The fourth-order valence-corrected chi connectivity index (χ4v) is 2.69. The molecule has 5 heteroatoms. The van der Waals surface area contributed by atoms with Gasteiger partial charge in [-0.1, -0.05) is 46.3 Å². The summed E-state index contributed by atoms with van der Waals surface area (Å²) in [5.41, 5.74) is 1.39. The summed E-state index contributed by atoms with van der Waals surface area (Å²) >= 11 is 3.29. The lowest BCUT2D eigenvalue weighted by molar-refractivity contribution is -0.117. The van der Waals surface area contributed by atoms with Crippen molar-refractivity contribution in [3.05, 3.63) is 76.0 Å². The number of nitrogens with one attached hydrogen (secondary N) is 1. The topological polar surface area (TPSA) is 32.3 Å². The smallest absolute Gasteiger partial charge is 0.244 e. The average Bonchev–Trinajstić information content (AvgIpc) is 2.55. The van der Waals surface area contributed by atoms with Gasteiger partial charge in [0.25, 0.3) is 0 Å². The van der Waals surface area contributed by atoms with Gasteiger partial charge in [0.1, 0.15) is 5.82 Å². The number of hydrogen-bond acceptors (Lipinski definition) is 2. The maximum atomic E-state index is 13.7. The van der Waals surface area contributed by atoms with Gasteiger partial charge in [0.15, 0.2) is 0 Å². The Labute approximate surface area is 150 Å². The van der Waals surface area contributed by atoms with Crippen LogP contribution in [0.5, 0.6) is 0 Å². The van der Waals surface area contributed by atoms with Crippen LogP contribution < -0.4 is 5.32 Å². The van der Waals surface area contributed by atoms with Crippen molar-refractivity contribution in [3.8, 4) is 0 Å². The zero-order valence-corrected chi connectivity index (χ0v) is 15.3. The lowest BCUT2D eigenvalue weighted by atomic mass is 10.1. The Kier molecular flexibility index (Phi) is 6.70. The number of amides is 1. The minimum absolute atomic E-state index is 0.134. The van der Waals surface area contributed by atoms with Gasteiger partial charge in [0.2, 0.25) is 5.91 Å². The first kappa shape index (κ1) is 18.4. The molecule has 0 heterocycles. The summed E-state index contributed by atoms with van der Waals surface area (Å²) in [5.74, 6) is -0.625. The number of benzene rings is 2. The van der Waals surface area contributed by atoms with Gasteiger partial charge in [-0.3, -0.25) is 4.79 Å². The van der Waals surface area contributed by atoms with E-state index in [0.29, 0.717) is 12.1 Å². The van der Waals surface area contributed by atoms with Crippen molar-refractivity contribution in [2.75, 3.05) is 20.6 Å². The lowest BCUT2D eigenvalue weighted by Crippen LogP contribution is -2.34. The Balaban J connectivity index is 2.10. The fraction of sp³-hybridized carbons (Fsp3) is 0.211. The molecule has 2 aromatic rings. The maximum absolute atomic E-state index is 13.7. The van der Waals surface area contributed by atoms with Crippen molar-refractivity contribution < 1.29 is 9.18 Å². The number of nitrogens with zero attached hydrogens (tertiary/aromatic N) is 1. The van der Waals surface area contributed by atoms with Crippen molar-refractivity contribution in [2.24, 2.45) is 0 Å². The molecule has 3 nitrogen and oxygen atoms in total. The molecule has 0 aliphatic rings. The molecule has 1 atom stereocenters. The van der Waals surface area contributed by atoms with E-state index in [1.54, 1.807) is 12.1 Å². The van der Waals surface area contributed by atoms with Crippen LogP contribution in [0.4, 0.5) is 4.39 Å². The standard InChI is InChI=1S/C19H20BrFN2O/c1-23(2)13-18(14-6-4-3-5-7-14)22-19(24)11-8-15-12-16(20)9-10-17(15)21/h3-12,18H,13H2,1-2H3,(H,22,24)/b11-8+/t18-/m1/s1. The Morgan fingerprint density at radius 3 is 2.62 bits per heavy atom. The van der Waals surface area contributed by atoms with E-state index in [1.165, 1.54) is 18.2 Å². The minimum atomic E-state index is -0.366. The maximum Gasteiger partial charge on any atom is 0.244 e. The van der Waals surface area contributed by atoms with E-state index in [2.05, 4.69) is 21.2 Å². The van der Waals surface area contributed by atoms with Crippen LogP contribution in [-0.4, -0.2) is 31.4 Å². The van der Waals surface area contributed by atoms with Crippen molar-refractivity contribution in [1.82, 2.24) is 10.2 Å². The number of likely N-dealkylation sites (N-methyl/N-ethyl adjacent to an activating group) is 1. The molecule has 1 amide bonds. The summed E-state index contributed by atoms with van der Waals surface area (Å²) in [7, 11) is 3.91. The second-order valence-corrected chi connectivity index (χ2v) is 6.65. The van der Waals surface area contributed by atoms with Crippen LogP contribution in [0.1, 0.15) is 17.2 Å². The molecule has 2 rings (SSSR count). The highest BCUT2D eigenvalue weighted by Gasteiger charge is 2.14. The lowest BCUT2D eigenvalue weighted by Gasteiger charge is -2.22. The van der Waals surface area contributed by atoms with Crippen LogP contribution in [0.2, 0.25) is 0 Å². The number of carbonyl (C=O) groups is 1. The Morgan fingerprint density at radius 2 is 1.96 bits per heavy atom. The van der Waals surface area contributed by atoms with Gasteiger partial charge in [0.05, 0.1) is 6.04 Å². The average molecular weight is 391 g/mol. The van der Waals surface area contributed by atoms with Crippen LogP contribution in [0.25, 0.3) is 6.08 Å². The summed E-state index contributed by atoms with van der Waals surface area (Å²) in [4.78, 5) is 14.2. The fourth-order valence-electron chi connectivity index (χ4n) is 2.31. The van der Waals surface area contributed by atoms with Crippen LogP contribution in [0.15, 0.2) is 59.1 Å². The monoisotopic (exact) mass is 390 g/mol. The molecular weight excluding hydrogens is 371 g/mol. The normalized spacial score (nSPS) is 12.5. The molecule has 24 heavy (non-hydrogen) atoms. The summed E-state index contributed by atoms with van der Waals surface area (Å²) in [6.07, 6.45) is 2.84.